The summed E-state index contributed by atoms with van der Waals surface area (Å²) in [5, 5.41) is 2.74. The maximum atomic E-state index is 11.7. The lowest BCUT2D eigenvalue weighted by atomic mass is 10.5. The van der Waals surface area contributed by atoms with Crippen LogP contribution in [-0.2, 0) is 0 Å². The van der Waals surface area contributed by atoms with Gasteiger partial charge in [-0.05, 0) is 0 Å². The molecular formula is C6H10FN. The zero-order valence-corrected chi connectivity index (χ0v) is 4.78. The highest BCUT2D eigenvalue weighted by Crippen LogP contribution is 1.84. The van der Waals surface area contributed by atoms with Gasteiger partial charge in [0.1, 0.15) is 5.83 Å². The topological polar surface area (TPSA) is 12.0 Å². The molecule has 0 radical (unpaired) electrons. The fourth-order valence-corrected chi connectivity index (χ4v) is 0.310. The van der Waals surface area contributed by atoms with E-state index in [1.807, 2.05) is 0 Å². The fraction of sp³-hybridized carbons (Fsp3) is 0.333. The number of halogens is 1. The van der Waals surface area contributed by atoms with Gasteiger partial charge in [0.05, 0.1) is 0 Å². The quantitative estimate of drug-likeness (QED) is 0.429. The Hall–Kier alpha value is -0.630. The van der Waals surface area contributed by atoms with E-state index in [9.17, 15) is 4.39 Å². The summed E-state index contributed by atoms with van der Waals surface area (Å²) in [6, 6.07) is 0. The average Bonchev–Trinajstić information content (AvgIpc) is 1.66. The van der Waals surface area contributed by atoms with Crippen molar-refractivity contribution in [2.75, 3.05) is 13.1 Å². The fourth-order valence-electron chi connectivity index (χ4n) is 0.310. The largest absolute Gasteiger partial charge is 0.307 e. The molecular weight excluding hydrogens is 105 g/mol. The van der Waals surface area contributed by atoms with Crippen LogP contribution in [0.1, 0.15) is 0 Å². The third kappa shape index (κ3) is 5.37. The molecule has 0 aromatic heterocycles. The third-order valence-corrected chi connectivity index (χ3v) is 0.605. The second-order valence-corrected chi connectivity index (χ2v) is 1.44. The monoisotopic (exact) mass is 115 g/mol. The Labute approximate surface area is 48.9 Å². The molecule has 8 heavy (non-hydrogen) atoms. The molecule has 0 fully saturated rings. The van der Waals surface area contributed by atoms with Crippen LogP contribution in [0.4, 0.5) is 4.39 Å². The molecule has 0 aliphatic carbocycles. The molecule has 46 valence electrons. The number of hydrogen-bond acceptors (Lipinski definition) is 1. The van der Waals surface area contributed by atoms with Crippen LogP contribution < -0.4 is 5.32 Å². The molecule has 0 aliphatic heterocycles. The second kappa shape index (κ2) is 4.53. The molecule has 0 heterocycles. The van der Waals surface area contributed by atoms with Crippen LogP contribution in [0.3, 0.4) is 0 Å². The molecule has 0 unspecified atom stereocenters. The van der Waals surface area contributed by atoms with Crippen molar-refractivity contribution in [3.63, 3.8) is 0 Å². The van der Waals surface area contributed by atoms with Crippen molar-refractivity contribution < 1.29 is 4.39 Å². The minimum atomic E-state index is -0.341. The predicted molar refractivity (Wildman–Crippen MR) is 33.3 cm³/mol. The van der Waals surface area contributed by atoms with E-state index in [0.717, 1.165) is 0 Å². The van der Waals surface area contributed by atoms with E-state index >= 15 is 0 Å². The van der Waals surface area contributed by atoms with Gasteiger partial charge in [-0.2, -0.15) is 0 Å². The summed E-state index contributed by atoms with van der Waals surface area (Å²) in [5.74, 6) is -0.341. The molecule has 0 aliphatic rings. The molecule has 0 spiro atoms. The van der Waals surface area contributed by atoms with Crippen LogP contribution in [0.15, 0.2) is 25.1 Å². The van der Waals surface area contributed by atoms with Gasteiger partial charge in [0, 0.05) is 13.1 Å². The number of rotatable bonds is 4. The van der Waals surface area contributed by atoms with Crippen molar-refractivity contribution >= 4 is 0 Å². The Morgan fingerprint density at radius 3 is 2.75 bits per heavy atom. The lowest BCUT2D eigenvalue weighted by Crippen LogP contribution is -2.14. The Balaban J connectivity index is 2.93. The van der Waals surface area contributed by atoms with Gasteiger partial charge in [-0.15, -0.1) is 6.58 Å². The van der Waals surface area contributed by atoms with Crippen LogP contribution in [-0.4, -0.2) is 13.1 Å². The van der Waals surface area contributed by atoms with Gasteiger partial charge in [-0.3, -0.25) is 0 Å². The van der Waals surface area contributed by atoms with Crippen molar-refractivity contribution in [2.45, 2.75) is 0 Å². The first-order valence-electron chi connectivity index (χ1n) is 2.42. The van der Waals surface area contributed by atoms with E-state index in [1.165, 1.54) is 0 Å². The van der Waals surface area contributed by atoms with E-state index < -0.39 is 0 Å². The lowest BCUT2D eigenvalue weighted by molar-refractivity contribution is 0.588. The van der Waals surface area contributed by atoms with Crippen molar-refractivity contribution in [2.24, 2.45) is 0 Å². The highest BCUT2D eigenvalue weighted by Gasteiger charge is 1.84. The zero-order valence-electron chi connectivity index (χ0n) is 4.78. The molecule has 0 saturated heterocycles. The Morgan fingerprint density at radius 1 is 1.75 bits per heavy atom. The van der Waals surface area contributed by atoms with Crippen LogP contribution in [0, 0.1) is 0 Å². The van der Waals surface area contributed by atoms with Gasteiger partial charge < -0.3 is 5.32 Å². The van der Waals surface area contributed by atoms with Crippen LogP contribution in [0.25, 0.3) is 0 Å². The molecule has 0 atom stereocenters. The highest BCUT2D eigenvalue weighted by molar-refractivity contribution is 4.84. The van der Waals surface area contributed by atoms with E-state index in [1.54, 1.807) is 6.08 Å². The molecule has 0 aromatic carbocycles. The van der Waals surface area contributed by atoms with E-state index in [4.69, 9.17) is 0 Å². The summed E-state index contributed by atoms with van der Waals surface area (Å²) >= 11 is 0. The predicted octanol–water partition coefficient (Wildman–Crippen LogP) is 1.25. The van der Waals surface area contributed by atoms with Gasteiger partial charge in [0.25, 0.3) is 0 Å². The minimum Gasteiger partial charge on any atom is -0.307 e. The van der Waals surface area contributed by atoms with Crippen LogP contribution in [0.5, 0.6) is 0 Å². The summed E-state index contributed by atoms with van der Waals surface area (Å²) in [6.45, 7) is 7.36. The van der Waals surface area contributed by atoms with Crippen molar-refractivity contribution in [1.29, 1.82) is 0 Å². The smallest absolute Gasteiger partial charge is 0.107 e. The normalized spacial score (nSPS) is 8.62. The van der Waals surface area contributed by atoms with Gasteiger partial charge in [0.2, 0.25) is 0 Å². The van der Waals surface area contributed by atoms with Crippen molar-refractivity contribution in [3.8, 4) is 0 Å². The van der Waals surface area contributed by atoms with E-state index in [-0.39, 0.29) is 12.4 Å². The minimum absolute atomic E-state index is 0.228. The Kier molecular flexibility index (Phi) is 4.17. The molecule has 1 nitrogen and oxygen atoms in total. The van der Waals surface area contributed by atoms with Crippen molar-refractivity contribution in [1.82, 2.24) is 5.32 Å². The summed E-state index contributed by atoms with van der Waals surface area (Å²) in [7, 11) is 0. The molecule has 0 rings (SSSR count). The second-order valence-electron chi connectivity index (χ2n) is 1.44. The van der Waals surface area contributed by atoms with Crippen LogP contribution in [0.2, 0.25) is 0 Å². The Morgan fingerprint density at radius 2 is 2.38 bits per heavy atom. The van der Waals surface area contributed by atoms with Gasteiger partial charge in [-0.1, -0.05) is 12.7 Å². The summed E-state index contributed by atoms with van der Waals surface area (Å²) in [4.78, 5) is 0. The number of nitrogens with one attached hydrogen (secondary N) is 1. The first-order valence-corrected chi connectivity index (χ1v) is 2.42. The van der Waals surface area contributed by atoms with Gasteiger partial charge in [0.15, 0.2) is 0 Å². The molecule has 0 aromatic rings. The third-order valence-electron chi connectivity index (χ3n) is 0.605. The maximum Gasteiger partial charge on any atom is 0.107 e. The summed E-state index contributed by atoms with van der Waals surface area (Å²) < 4.78 is 11.7. The standard InChI is InChI=1S/C6H10FN/c1-3-4-8-5-6(2)7/h3,8H,1-2,4-5H2. The average molecular weight is 115 g/mol. The van der Waals surface area contributed by atoms with Gasteiger partial charge >= 0.3 is 0 Å². The molecule has 2 heteroatoms. The first-order chi connectivity index (χ1) is 3.77. The molecule has 0 bridgehead atoms. The summed E-state index contributed by atoms with van der Waals surface area (Å²) in [6.07, 6.45) is 1.67. The maximum absolute atomic E-state index is 11.7. The van der Waals surface area contributed by atoms with Gasteiger partial charge in [-0.25, -0.2) is 4.39 Å². The van der Waals surface area contributed by atoms with Crippen LogP contribution >= 0.6 is 0 Å². The molecule has 0 saturated carbocycles. The number of hydrogen-bond donors (Lipinski definition) is 1. The van der Waals surface area contributed by atoms with Crippen molar-refractivity contribution in [3.05, 3.63) is 25.1 Å². The lowest BCUT2D eigenvalue weighted by Gasteiger charge is -1.94. The van der Waals surface area contributed by atoms with E-state index in [0.29, 0.717) is 6.54 Å². The first kappa shape index (κ1) is 7.37. The molecule has 0 amide bonds. The SMILES string of the molecule is C=CCNCC(=C)F. The Bertz CT molecular complexity index is 88.5. The zero-order chi connectivity index (χ0) is 6.41. The summed E-state index contributed by atoms with van der Waals surface area (Å²) in [5.41, 5.74) is 0. The highest BCUT2D eigenvalue weighted by atomic mass is 19.1. The van der Waals surface area contributed by atoms with E-state index in [2.05, 4.69) is 18.5 Å². The molecule has 1 N–H and O–H groups in total.